The molecule has 1 atom stereocenters. The summed E-state index contributed by atoms with van der Waals surface area (Å²) in [5.74, 6) is 2.56. The van der Waals surface area contributed by atoms with Gasteiger partial charge in [-0.05, 0) is 6.42 Å². The molecule has 0 aliphatic heterocycles. The molecule has 1 unspecified atom stereocenters. The molecule has 0 aromatic carbocycles. The van der Waals surface area contributed by atoms with Gasteiger partial charge in [0, 0.05) is 11.8 Å². The predicted octanol–water partition coefficient (Wildman–Crippen LogP) is 1.69. The van der Waals surface area contributed by atoms with E-state index >= 15 is 0 Å². The van der Waals surface area contributed by atoms with E-state index in [1.807, 2.05) is 6.92 Å². The van der Waals surface area contributed by atoms with Crippen molar-refractivity contribution in [3.63, 3.8) is 0 Å². The van der Waals surface area contributed by atoms with Gasteiger partial charge in [0.25, 0.3) is 0 Å². The molecule has 1 N–H and O–H groups in total. The number of halogens is 1. The van der Waals surface area contributed by atoms with Crippen LogP contribution < -0.4 is 5.32 Å². The van der Waals surface area contributed by atoms with Crippen LogP contribution in [0.2, 0.25) is 0 Å². The summed E-state index contributed by atoms with van der Waals surface area (Å²) in [6.07, 6.45) is 7.56. The molecule has 0 fully saturated rings. The molecular weight excluding hydrogens is 218 g/mol. The molecule has 0 heterocycles. The van der Waals surface area contributed by atoms with Gasteiger partial charge in [0.1, 0.15) is 0 Å². The molecule has 1 amide bonds. The van der Waals surface area contributed by atoms with Gasteiger partial charge in [-0.3, -0.25) is 4.79 Å². The second-order valence-electron chi connectivity index (χ2n) is 2.51. The molecule has 0 aromatic rings. The zero-order valence-corrected chi connectivity index (χ0v) is 8.86. The topological polar surface area (TPSA) is 29.1 Å². The Hall–Kier alpha value is -0.490. The van der Waals surface area contributed by atoms with Crippen molar-refractivity contribution in [1.29, 1.82) is 0 Å². The van der Waals surface area contributed by atoms with Crippen LogP contribution in [0.3, 0.4) is 0 Å². The van der Waals surface area contributed by atoms with Crippen LogP contribution in [0.1, 0.15) is 26.2 Å². The van der Waals surface area contributed by atoms with Gasteiger partial charge in [0.2, 0.25) is 5.91 Å². The maximum absolute atomic E-state index is 11.1. The Labute approximate surface area is 82.2 Å². The van der Waals surface area contributed by atoms with Crippen LogP contribution in [0.25, 0.3) is 0 Å². The Morgan fingerprint density at radius 2 is 2.42 bits per heavy atom. The summed E-state index contributed by atoms with van der Waals surface area (Å²) >= 11 is 3.19. The Kier molecular flexibility index (Phi) is 6.88. The van der Waals surface area contributed by atoms with Gasteiger partial charge < -0.3 is 5.32 Å². The van der Waals surface area contributed by atoms with E-state index in [-0.39, 0.29) is 11.9 Å². The van der Waals surface area contributed by atoms with Gasteiger partial charge in [-0.25, -0.2) is 0 Å². The van der Waals surface area contributed by atoms with Crippen molar-refractivity contribution in [2.45, 2.75) is 32.2 Å². The Balaban J connectivity index is 3.71. The molecule has 0 saturated carbocycles. The first-order valence-corrected chi connectivity index (χ1v) is 5.18. The molecule has 0 aromatic heterocycles. The lowest BCUT2D eigenvalue weighted by molar-refractivity contribution is -0.121. The third-order valence-corrected chi connectivity index (χ3v) is 1.83. The summed E-state index contributed by atoms with van der Waals surface area (Å²) in [7, 11) is 0. The second-order valence-corrected chi connectivity index (χ2v) is 3.31. The number of alkyl halides is 1. The number of hydrogen-bond acceptors (Lipinski definition) is 1. The van der Waals surface area contributed by atoms with Gasteiger partial charge in [0.15, 0.2) is 0 Å². The molecule has 2 nitrogen and oxygen atoms in total. The molecule has 12 heavy (non-hydrogen) atoms. The Bertz CT molecular complexity index is 174. The smallest absolute Gasteiger partial charge is 0.221 e. The lowest BCUT2D eigenvalue weighted by atomic mass is 10.2. The standard InChI is InChI=1S/C9H14BrNO/c1-3-5-8(4-2)11-9(12)6-7-10/h2,8H,3,5-7H2,1H3,(H,11,12). The van der Waals surface area contributed by atoms with Crippen LogP contribution in [0, 0.1) is 12.3 Å². The summed E-state index contributed by atoms with van der Waals surface area (Å²) in [6, 6.07) is -0.0958. The first-order chi connectivity index (χ1) is 5.74. The first-order valence-electron chi connectivity index (χ1n) is 4.06. The average molecular weight is 232 g/mol. The molecule has 3 heteroatoms. The quantitative estimate of drug-likeness (QED) is 0.567. The highest BCUT2D eigenvalue weighted by molar-refractivity contribution is 9.09. The highest BCUT2D eigenvalue weighted by Gasteiger charge is 2.06. The fraction of sp³-hybridized carbons (Fsp3) is 0.667. The molecule has 0 aliphatic carbocycles. The molecule has 0 saturated heterocycles. The molecule has 0 bridgehead atoms. The minimum atomic E-state index is -0.0958. The van der Waals surface area contributed by atoms with Crippen molar-refractivity contribution in [3.8, 4) is 12.3 Å². The number of terminal acetylenes is 1. The monoisotopic (exact) mass is 231 g/mol. The third kappa shape index (κ3) is 5.20. The fourth-order valence-corrected chi connectivity index (χ4v) is 1.20. The number of nitrogens with one attached hydrogen (secondary N) is 1. The summed E-state index contributed by atoms with van der Waals surface area (Å²) in [5.41, 5.74) is 0. The van der Waals surface area contributed by atoms with E-state index in [0.29, 0.717) is 11.8 Å². The normalized spacial score (nSPS) is 11.8. The lowest BCUT2D eigenvalue weighted by Gasteiger charge is -2.10. The van der Waals surface area contributed by atoms with Gasteiger partial charge in [0.05, 0.1) is 6.04 Å². The first kappa shape index (κ1) is 11.5. The van der Waals surface area contributed by atoms with Crippen LogP contribution in [-0.4, -0.2) is 17.3 Å². The maximum atomic E-state index is 11.1. The summed E-state index contributed by atoms with van der Waals surface area (Å²) in [4.78, 5) is 11.1. The summed E-state index contributed by atoms with van der Waals surface area (Å²) in [6.45, 7) is 2.04. The van der Waals surface area contributed by atoms with E-state index in [1.54, 1.807) is 0 Å². The largest absolute Gasteiger partial charge is 0.342 e. The second kappa shape index (κ2) is 7.17. The van der Waals surface area contributed by atoms with E-state index in [2.05, 4.69) is 27.2 Å². The molecule has 68 valence electrons. The summed E-state index contributed by atoms with van der Waals surface area (Å²) in [5, 5.41) is 3.45. The summed E-state index contributed by atoms with van der Waals surface area (Å²) < 4.78 is 0. The van der Waals surface area contributed by atoms with Crippen LogP contribution in [0.15, 0.2) is 0 Å². The molecule has 0 radical (unpaired) electrons. The van der Waals surface area contributed by atoms with Crippen molar-refractivity contribution in [1.82, 2.24) is 5.32 Å². The van der Waals surface area contributed by atoms with Crippen molar-refractivity contribution in [3.05, 3.63) is 0 Å². The van der Waals surface area contributed by atoms with E-state index < -0.39 is 0 Å². The fourth-order valence-electron chi connectivity index (χ4n) is 0.838. The minimum absolute atomic E-state index is 0.0169. The third-order valence-electron chi connectivity index (χ3n) is 1.44. The SMILES string of the molecule is C#CC(CCC)NC(=O)CCBr. The van der Waals surface area contributed by atoms with Gasteiger partial charge in [-0.15, -0.1) is 6.42 Å². The number of rotatable bonds is 5. The number of hydrogen-bond donors (Lipinski definition) is 1. The highest BCUT2D eigenvalue weighted by atomic mass is 79.9. The average Bonchev–Trinajstić information content (AvgIpc) is 2.04. The van der Waals surface area contributed by atoms with E-state index in [1.165, 1.54) is 0 Å². The molecule has 0 spiro atoms. The number of amides is 1. The van der Waals surface area contributed by atoms with E-state index in [0.717, 1.165) is 12.8 Å². The Morgan fingerprint density at radius 3 is 2.83 bits per heavy atom. The van der Waals surface area contributed by atoms with E-state index in [4.69, 9.17) is 6.42 Å². The minimum Gasteiger partial charge on any atom is -0.342 e. The number of carbonyl (C=O) groups excluding carboxylic acids is 1. The van der Waals surface area contributed by atoms with Crippen LogP contribution in [0.5, 0.6) is 0 Å². The van der Waals surface area contributed by atoms with Crippen LogP contribution in [-0.2, 0) is 4.79 Å². The zero-order valence-electron chi connectivity index (χ0n) is 7.27. The lowest BCUT2D eigenvalue weighted by Crippen LogP contribution is -2.33. The molecule has 0 rings (SSSR count). The number of carbonyl (C=O) groups is 1. The zero-order chi connectivity index (χ0) is 9.40. The van der Waals surface area contributed by atoms with Crippen molar-refractivity contribution in [2.75, 3.05) is 5.33 Å². The van der Waals surface area contributed by atoms with Gasteiger partial charge in [-0.2, -0.15) is 0 Å². The Morgan fingerprint density at radius 1 is 1.75 bits per heavy atom. The highest BCUT2D eigenvalue weighted by Crippen LogP contribution is 1.96. The molecule has 0 aliphatic rings. The predicted molar refractivity (Wildman–Crippen MR) is 54.1 cm³/mol. The molecular formula is C9H14BrNO. The van der Waals surface area contributed by atoms with Crippen molar-refractivity contribution in [2.24, 2.45) is 0 Å². The van der Waals surface area contributed by atoms with Crippen molar-refractivity contribution < 1.29 is 4.79 Å². The van der Waals surface area contributed by atoms with Crippen LogP contribution in [0.4, 0.5) is 0 Å². The maximum Gasteiger partial charge on any atom is 0.221 e. The van der Waals surface area contributed by atoms with Gasteiger partial charge >= 0.3 is 0 Å². The van der Waals surface area contributed by atoms with Gasteiger partial charge in [-0.1, -0.05) is 35.2 Å². The van der Waals surface area contributed by atoms with Crippen LogP contribution >= 0.6 is 15.9 Å². The van der Waals surface area contributed by atoms with E-state index in [9.17, 15) is 4.79 Å². The van der Waals surface area contributed by atoms with Crippen molar-refractivity contribution >= 4 is 21.8 Å².